The molecule has 1 fully saturated rings. The molecule has 0 unspecified atom stereocenters. The maximum absolute atomic E-state index is 12.1. The van der Waals surface area contributed by atoms with Gasteiger partial charge in [-0.2, -0.15) is 0 Å². The van der Waals surface area contributed by atoms with Crippen molar-refractivity contribution in [3.63, 3.8) is 0 Å². The summed E-state index contributed by atoms with van der Waals surface area (Å²) in [6.45, 7) is 0.802. The monoisotopic (exact) mass is 294 g/mol. The van der Waals surface area contributed by atoms with Gasteiger partial charge in [-0.3, -0.25) is 0 Å². The van der Waals surface area contributed by atoms with E-state index in [1.165, 1.54) is 24.0 Å². The molecular weight excluding hydrogens is 272 g/mol. The number of fused-ring (bicyclic) bond motifs is 1. The highest BCUT2D eigenvalue weighted by atomic mass is 32.2. The van der Waals surface area contributed by atoms with Crippen molar-refractivity contribution in [1.82, 2.24) is 10.0 Å². The Balaban J connectivity index is 1.45. The normalized spacial score (nSPS) is 19.2. The molecule has 1 aromatic carbocycles. The number of sulfonamides is 1. The van der Waals surface area contributed by atoms with Crippen LogP contribution in [0.15, 0.2) is 24.3 Å². The minimum Gasteiger partial charge on any atom is -0.314 e. The van der Waals surface area contributed by atoms with Crippen molar-refractivity contribution in [2.45, 2.75) is 44.2 Å². The molecule has 3 rings (SSSR count). The van der Waals surface area contributed by atoms with E-state index < -0.39 is 10.0 Å². The van der Waals surface area contributed by atoms with Crippen molar-refractivity contribution >= 4 is 10.0 Å². The van der Waals surface area contributed by atoms with Crippen LogP contribution >= 0.6 is 0 Å². The van der Waals surface area contributed by atoms with E-state index in [9.17, 15) is 8.42 Å². The molecule has 0 amide bonds. The number of nitrogens with one attached hydrogen (secondary N) is 2. The molecule has 0 aromatic heterocycles. The van der Waals surface area contributed by atoms with Gasteiger partial charge in [0.25, 0.3) is 0 Å². The molecule has 0 saturated heterocycles. The summed E-state index contributed by atoms with van der Waals surface area (Å²) in [5, 5.41) is 3.34. The summed E-state index contributed by atoms with van der Waals surface area (Å²) in [5.41, 5.74) is 2.55. The van der Waals surface area contributed by atoms with Crippen LogP contribution in [0.4, 0.5) is 0 Å². The average Bonchev–Trinajstić information content (AvgIpc) is 3.13. The molecule has 0 heterocycles. The molecule has 0 atom stereocenters. The third-order valence-electron chi connectivity index (χ3n) is 4.00. The fraction of sp³-hybridized carbons (Fsp3) is 0.600. The second-order valence-corrected chi connectivity index (χ2v) is 7.77. The summed E-state index contributed by atoms with van der Waals surface area (Å²) in [4.78, 5) is 0. The van der Waals surface area contributed by atoms with Gasteiger partial charge < -0.3 is 5.32 Å². The summed E-state index contributed by atoms with van der Waals surface area (Å²) in [6.07, 6.45) is 4.80. The minimum atomic E-state index is -3.15. The Kier molecular flexibility index (Phi) is 4.10. The standard InChI is InChI=1S/C15H22N2O2S/c18-20(19,9-3-8-16-14-6-7-14)17-15-10-12-4-1-2-5-13(12)11-15/h1-2,4-5,14-17H,3,6-11H2. The predicted molar refractivity (Wildman–Crippen MR) is 80.2 cm³/mol. The quantitative estimate of drug-likeness (QED) is 0.743. The molecule has 110 valence electrons. The third kappa shape index (κ3) is 3.81. The number of hydrogen-bond acceptors (Lipinski definition) is 3. The summed E-state index contributed by atoms with van der Waals surface area (Å²) >= 11 is 0. The molecule has 0 aliphatic heterocycles. The zero-order valence-corrected chi connectivity index (χ0v) is 12.5. The fourth-order valence-electron chi connectivity index (χ4n) is 2.81. The van der Waals surface area contributed by atoms with Crippen LogP contribution in [-0.2, 0) is 22.9 Å². The van der Waals surface area contributed by atoms with E-state index in [4.69, 9.17) is 0 Å². The first-order chi connectivity index (χ1) is 9.62. The topological polar surface area (TPSA) is 58.2 Å². The highest BCUT2D eigenvalue weighted by molar-refractivity contribution is 7.89. The predicted octanol–water partition coefficient (Wildman–Crippen LogP) is 1.22. The van der Waals surface area contributed by atoms with Crippen molar-refractivity contribution in [3.05, 3.63) is 35.4 Å². The van der Waals surface area contributed by atoms with Crippen LogP contribution in [0.1, 0.15) is 30.4 Å². The van der Waals surface area contributed by atoms with Crippen LogP contribution < -0.4 is 10.0 Å². The second kappa shape index (κ2) is 5.84. The Morgan fingerprint density at radius 3 is 2.30 bits per heavy atom. The number of hydrogen-bond donors (Lipinski definition) is 2. The molecule has 1 aromatic rings. The molecule has 2 N–H and O–H groups in total. The van der Waals surface area contributed by atoms with Crippen LogP contribution in [-0.4, -0.2) is 32.8 Å². The molecule has 2 aliphatic rings. The molecule has 5 heteroatoms. The van der Waals surface area contributed by atoms with Gasteiger partial charge in [-0.1, -0.05) is 24.3 Å². The minimum absolute atomic E-state index is 0.0359. The molecule has 2 aliphatic carbocycles. The van der Waals surface area contributed by atoms with Crippen molar-refractivity contribution in [1.29, 1.82) is 0 Å². The van der Waals surface area contributed by atoms with Crippen molar-refractivity contribution in [2.75, 3.05) is 12.3 Å². The Bertz CT molecular complexity index is 542. The van der Waals surface area contributed by atoms with Crippen LogP contribution in [0, 0.1) is 0 Å². The van der Waals surface area contributed by atoms with E-state index in [-0.39, 0.29) is 11.8 Å². The third-order valence-corrected chi connectivity index (χ3v) is 5.52. The first kappa shape index (κ1) is 14.0. The SMILES string of the molecule is O=S(=O)(CCCNC1CC1)NC1Cc2ccccc2C1. The fourth-order valence-corrected chi connectivity index (χ4v) is 4.13. The van der Waals surface area contributed by atoms with Crippen LogP contribution in [0.3, 0.4) is 0 Å². The van der Waals surface area contributed by atoms with Gasteiger partial charge in [-0.15, -0.1) is 0 Å². The van der Waals surface area contributed by atoms with E-state index >= 15 is 0 Å². The van der Waals surface area contributed by atoms with Crippen LogP contribution in [0.5, 0.6) is 0 Å². The summed E-state index contributed by atoms with van der Waals surface area (Å²) in [6, 6.07) is 8.88. The van der Waals surface area contributed by atoms with E-state index in [0.717, 1.165) is 19.4 Å². The van der Waals surface area contributed by atoms with Crippen molar-refractivity contribution < 1.29 is 8.42 Å². The van der Waals surface area contributed by atoms with Crippen molar-refractivity contribution in [2.24, 2.45) is 0 Å². The molecule has 0 radical (unpaired) electrons. The van der Waals surface area contributed by atoms with Gasteiger partial charge in [0, 0.05) is 12.1 Å². The highest BCUT2D eigenvalue weighted by Gasteiger charge is 2.25. The van der Waals surface area contributed by atoms with Crippen LogP contribution in [0.25, 0.3) is 0 Å². The Labute approximate surface area is 121 Å². The van der Waals surface area contributed by atoms with E-state index in [0.29, 0.717) is 12.5 Å². The highest BCUT2D eigenvalue weighted by Crippen LogP contribution is 2.22. The summed E-state index contributed by atoms with van der Waals surface area (Å²) in [5.74, 6) is 0.222. The van der Waals surface area contributed by atoms with Gasteiger partial charge in [0.2, 0.25) is 10.0 Å². The molecule has 20 heavy (non-hydrogen) atoms. The van der Waals surface area contributed by atoms with E-state index in [1.54, 1.807) is 0 Å². The molecule has 1 saturated carbocycles. The van der Waals surface area contributed by atoms with Gasteiger partial charge in [0.15, 0.2) is 0 Å². The molecule has 4 nitrogen and oxygen atoms in total. The second-order valence-electron chi connectivity index (χ2n) is 5.89. The molecule has 0 bridgehead atoms. The van der Waals surface area contributed by atoms with Crippen molar-refractivity contribution in [3.8, 4) is 0 Å². The smallest absolute Gasteiger partial charge is 0.211 e. The largest absolute Gasteiger partial charge is 0.314 e. The number of rotatable bonds is 7. The first-order valence-electron chi connectivity index (χ1n) is 7.42. The van der Waals surface area contributed by atoms with Crippen LogP contribution in [0.2, 0.25) is 0 Å². The Hall–Kier alpha value is -0.910. The van der Waals surface area contributed by atoms with Gasteiger partial charge in [-0.25, -0.2) is 13.1 Å². The summed E-state index contributed by atoms with van der Waals surface area (Å²) < 4.78 is 27.0. The Morgan fingerprint density at radius 2 is 1.70 bits per heavy atom. The average molecular weight is 294 g/mol. The Morgan fingerprint density at radius 1 is 1.05 bits per heavy atom. The zero-order chi connectivity index (χ0) is 14.0. The number of benzene rings is 1. The lowest BCUT2D eigenvalue weighted by atomic mass is 10.1. The van der Waals surface area contributed by atoms with Gasteiger partial charge >= 0.3 is 0 Å². The van der Waals surface area contributed by atoms with E-state index in [2.05, 4.69) is 22.2 Å². The van der Waals surface area contributed by atoms with Gasteiger partial charge in [0.1, 0.15) is 0 Å². The maximum atomic E-state index is 12.1. The first-order valence-corrected chi connectivity index (χ1v) is 9.08. The van der Waals surface area contributed by atoms with Gasteiger partial charge in [0.05, 0.1) is 5.75 Å². The zero-order valence-electron chi connectivity index (χ0n) is 11.6. The van der Waals surface area contributed by atoms with E-state index in [1.807, 2.05) is 12.1 Å². The lowest BCUT2D eigenvalue weighted by Crippen LogP contribution is -2.37. The maximum Gasteiger partial charge on any atom is 0.211 e. The van der Waals surface area contributed by atoms with Gasteiger partial charge in [-0.05, 0) is 49.8 Å². The molecule has 0 spiro atoms. The summed E-state index contributed by atoms with van der Waals surface area (Å²) in [7, 11) is -3.15. The lowest BCUT2D eigenvalue weighted by molar-refractivity contribution is 0.550. The lowest BCUT2D eigenvalue weighted by Gasteiger charge is -2.12. The molecular formula is C15H22N2O2S.